The van der Waals surface area contributed by atoms with Gasteiger partial charge in [-0.3, -0.25) is 0 Å². The minimum absolute atomic E-state index is 0.889. The van der Waals surface area contributed by atoms with E-state index in [1.165, 1.54) is 0 Å². The first-order valence-electron chi connectivity index (χ1n) is 3.60. The monoisotopic (exact) mass is 196 g/mol. The molecule has 0 saturated carbocycles. The third kappa shape index (κ3) is 3.63. The maximum atomic E-state index is 5.22. The van der Waals surface area contributed by atoms with Crippen LogP contribution in [0, 0.1) is 0 Å². The first-order valence-corrected chi connectivity index (χ1v) is 6.35. The second-order valence-electron chi connectivity index (χ2n) is 2.19. The third-order valence-electron chi connectivity index (χ3n) is 1.62. The third-order valence-corrected chi connectivity index (χ3v) is 4.86. The molecule has 0 fully saturated rings. The van der Waals surface area contributed by atoms with Crippen LogP contribution in [0.2, 0.25) is 6.04 Å². The fourth-order valence-electron chi connectivity index (χ4n) is 0.875. The van der Waals surface area contributed by atoms with E-state index in [0.29, 0.717) is 0 Å². The van der Waals surface area contributed by atoms with Gasteiger partial charge in [0.1, 0.15) is 0 Å². The van der Waals surface area contributed by atoms with Crippen LogP contribution in [0.5, 0.6) is 0 Å². The summed E-state index contributed by atoms with van der Waals surface area (Å²) in [5.74, 6) is 0. The summed E-state index contributed by atoms with van der Waals surface area (Å²) in [5, 5.41) is 0. The topological polar surface area (TPSA) is 27.7 Å². The van der Waals surface area contributed by atoms with Gasteiger partial charge in [0.25, 0.3) is 0 Å². The molecule has 0 N–H and O–H groups in total. The van der Waals surface area contributed by atoms with Crippen LogP contribution in [0.15, 0.2) is 0 Å². The maximum Gasteiger partial charge on any atom is 0.500 e. The summed E-state index contributed by atoms with van der Waals surface area (Å²) in [6.07, 6.45) is 2.12. The van der Waals surface area contributed by atoms with Crippen LogP contribution in [0.4, 0.5) is 0 Å². The summed E-state index contributed by atoms with van der Waals surface area (Å²) in [7, 11) is 5.35. The molecule has 1 unspecified atom stereocenters. The Bertz CT molecular complexity index is 89.6. The minimum atomic E-state index is -2.25. The zero-order valence-electron chi connectivity index (χ0n) is 7.42. The predicted octanol–water partition coefficient (Wildman–Crippen LogP) is 1.13. The lowest BCUT2D eigenvalue weighted by atomic mass is 10.6. The highest BCUT2D eigenvalue weighted by Crippen LogP contribution is 2.15. The lowest BCUT2D eigenvalue weighted by Gasteiger charge is -2.23. The van der Waals surface area contributed by atoms with Crippen LogP contribution >= 0.6 is 9.24 Å². The second-order valence-corrected chi connectivity index (χ2v) is 5.86. The molecule has 0 radical (unpaired) electrons. The lowest BCUT2D eigenvalue weighted by molar-refractivity contribution is 0.123. The molecule has 3 nitrogen and oxygen atoms in total. The van der Waals surface area contributed by atoms with Crippen molar-refractivity contribution < 1.29 is 13.3 Å². The van der Waals surface area contributed by atoms with Crippen LogP contribution in [0.25, 0.3) is 0 Å². The minimum Gasteiger partial charge on any atom is -0.377 e. The van der Waals surface area contributed by atoms with Gasteiger partial charge in [-0.15, -0.1) is 9.24 Å². The largest absolute Gasteiger partial charge is 0.500 e. The van der Waals surface area contributed by atoms with Crippen molar-refractivity contribution in [1.29, 1.82) is 0 Å². The molecule has 0 bridgehead atoms. The molecule has 0 spiro atoms. The van der Waals surface area contributed by atoms with Crippen molar-refractivity contribution in [3.8, 4) is 0 Å². The van der Waals surface area contributed by atoms with E-state index in [1.807, 2.05) is 0 Å². The molecule has 0 aliphatic rings. The molecule has 5 heteroatoms. The fourth-order valence-corrected chi connectivity index (χ4v) is 3.24. The Morgan fingerprint density at radius 1 is 1.09 bits per heavy atom. The van der Waals surface area contributed by atoms with Crippen LogP contribution in [-0.4, -0.2) is 36.3 Å². The molecule has 0 heterocycles. The van der Waals surface area contributed by atoms with Crippen LogP contribution in [-0.2, 0) is 13.3 Å². The van der Waals surface area contributed by atoms with Crippen molar-refractivity contribution in [2.75, 3.05) is 27.5 Å². The molecule has 68 valence electrons. The molecule has 0 rings (SSSR count). The van der Waals surface area contributed by atoms with Gasteiger partial charge in [0.15, 0.2) is 0 Å². The molecular weight excluding hydrogens is 179 g/mol. The molecule has 0 aliphatic carbocycles. The van der Waals surface area contributed by atoms with E-state index in [1.54, 1.807) is 21.3 Å². The van der Waals surface area contributed by atoms with Crippen LogP contribution in [0.3, 0.4) is 0 Å². The standard InChI is InChI=1S/C6H17O3PSi/c1-7-11(8-2,9-3)6-4-5-10/h4-6,10H2,1-3H3. The average Bonchev–Trinajstić information content (AvgIpc) is 2.08. The molecule has 0 aromatic rings. The van der Waals surface area contributed by atoms with Gasteiger partial charge in [0.2, 0.25) is 0 Å². The van der Waals surface area contributed by atoms with Crippen molar-refractivity contribution in [3.05, 3.63) is 0 Å². The lowest BCUT2D eigenvalue weighted by Crippen LogP contribution is -2.42. The van der Waals surface area contributed by atoms with Crippen LogP contribution in [0.1, 0.15) is 6.42 Å². The van der Waals surface area contributed by atoms with Crippen molar-refractivity contribution in [3.63, 3.8) is 0 Å². The highest BCUT2D eigenvalue weighted by Gasteiger charge is 2.36. The predicted molar refractivity (Wildman–Crippen MR) is 50.8 cm³/mol. The molecule has 0 aromatic carbocycles. The Kier molecular flexibility index (Phi) is 6.38. The molecule has 0 aromatic heterocycles. The Hall–Kier alpha value is 0.527. The molecular formula is C6H17O3PSi. The van der Waals surface area contributed by atoms with E-state index in [-0.39, 0.29) is 0 Å². The van der Waals surface area contributed by atoms with E-state index in [0.717, 1.165) is 18.6 Å². The molecule has 1 atom stereocenters. The fraction of sp³-hybridized carbons (Fsp3) is 1.00. The molecule has 0 aliphatic heterocycles. The van der Waals surface area contributed by atoms with Gasteiger partial charge in [-0.2, -0.15) is 0 Å². The van der Waals surface area contributed by atoms with Gasteiger partial charge in [-0.1, -0.05) is 0 Å². The van der Waals surface area contributed by atoms with E-state index in [4.69, 9.17) is 13.3 Å². The van der Waals surface area contributed by atoms with Gasteiger partial charge in [0, 0.05) is 27.4 Å². The van der Waals surface area contributed by atoms with Crippen molar-refractivity contribution in [2.45, 2.75) is 12.5 Å². The second kappa shape index (κ2) is 6.09. The zero-order valence-corrected chi connectivity index (χ0v) is 9.58. The number of hydrogen-bond acceptors (Lipinski definition) is 3. The smallest absolute Gasteiger partial charge is 0.377 e. The van der Waals surface area contributed by atoms with E-state index in [2.05, 4.69) is 9.24 Å². The zero-order chi connectivity index (χ0) is 8.74. The summed E-state index contributed by atoms with van der Waals surface area (Å²) < 4.78 is 15.7. The summed E-state index contributed by atoms with van der Waals surface area (Å²) in [4.78, 5) is 0. The van der Waals surface area contributed by atoms with E-state index < -0.39 is 8.80 Å². The molecule has 0 amide bonds. The summed E-state index contributed by atoms with van der Waals surface area (Å²) in [5.41, 5.74) is 0. The Morgan fingerprint density at radius 2 is 1.55 bits per heavy atom. The highest BCUT2D eigenvalue weighted by molar-refractivity contribution is 7.16. The normalized spacial score (nSPS) is 12.0. The molecule has 0 saturated heterocycles. The van der Waals surface area contributed by atoms with Gasteiger partial charge >= 0.3 is 8.80 Å². The first-order chi connectivity index (χ1) is 5.24. The van der Waals surface area contributed by atoms with Crippen LogP contribution < -0.4 is 0 Å². The summed E-state index contributed by atoms with van der Waals surface area (Å²) in [6, 6.07) is 0.889. The first kappa shape index (κ1) is 11.5. The maximum absolute atomic E-state index is 5.22. The van der Waals surface area contributed by atoms with Gasteiger partial charge in [-0.25, -0.2) is 0 Å². The van der Waals surface area contributed by atoms with Crippen molar-refractivity contribution >= 4 is 18.0 Å². The number of hydrogen-bond donors (Lipinski definition) is 0. The SMILES string of the molecule is CO[Si](CCCP)(OC)OC. The Balaban J connectivity index is 3.84. The quantitative estimate of drug-likeness (QED) is 0.471. The van der Waals surface area contributed by atoms with E-state index >= 15 is 0 Å². The summed E-state index contributed by atoms with van der Waals surface area (Å²) in [6.45, 7) is 0. The summed E-state index contributed by atoms with van der Waals surface area (Å²) >= 11 is 0. The van der Waals surface area contributed by atoms with Gasteiger partial charge in [0.05, 0.1) is 0 Å². The average molecular weight is 196 g/mol. The van der Waals surface area contributed by atoms with Crippen molar-refractivity contribution in [1.82, 2.24) is 0 Å². The highest BCUT2D eigenvalue weighted by atomic mass is 31.0. The molecule has 11 heavy (non-hydrogen) atoms. The number of rotatable bonds is 6. The van der Waals surface area contributed by atoms with Gasteiger partial charge < -0.3 is 13.3 Å². The Morgan fingerprint density at radius 3 is 1.82 bits per heavy atom. The van der Waals surface area contributed by atoms with Crippen molar-refractivity contribution in [2.24, 2.45) is 0 Å². The van der Waals surface area contributed by atoms with Gasteiger partial charge in [-0.05, 0) is 12.6 Å². The Labute approximate surface area is 72.0 Å². The van der Waals surface area contributed by atoms with E-state index in [9.17, 15) is 0 Å².